The Balaban J connectivity index is 1.96. The highest BCUT2D eigenvalue weighted by Gasteiger charge is 2.24. The Bertz CT molecular complexity index is 660. The second kappa shape index (κ2) is 4.66. The maximum atomic E-state index is 13.2. The molecule has 1 aliphatic rings. The van der Waals surface area contributed by atoms with Crippen LogP contribution in [0.4, 0.5) is 10.1 Å². The Morgan fingerprint density at radius 3 is 2.68 bits per heavy atom. The Kier molecular flexibility index (Phi) is 2.98. The zero-order valence-electron chi connectivity index (χ0n) is 9.78. The zero-order valence-corrected chi connectivity index (χ0v) is 11.4. The van der Waals surface area contributed by atoms with Crippen molar-refractivity contribution in [3.8, 4) is 0 Å². The maximum absolute atomic E-state index is 13.2. The second-order valence-electron chi connectivity index (χ2n) is 4.27. The number of benzene rings is 2. The molecule has 2 aromatic carbocycles. The van der Waals surface area contributed by atoms with E-state index in [0.29, 0.717) is 10.0 Å². The highest BCUT2D eigenvalue weighted by Crippen LogP contribution is 2.28. The van der Waals surface area contributed by atoms with Gasteiger partial charge in [0.25, 0.3) is 5.91 Å². The average molecular weight is 321 g/mol. The van der Waals surface area contributed by atoms with Crippen molar-refractivity contribution >= 4 is 27.5 Å². The van der Waals surface area contributed by atoms with E-state index < -0.39 is 0 Å². The Morgan fingerprint density at radius 2 is 1.89 bits per heavy atom. The molecular formula is C14H10BrFN2O. The summed E-state index contributed by atoms with van der Waals surface area (Å²) in [6.45, 7) is 0. The molecule has 2 aromatic rings. The van der Waals surface area contributed by atoms with Crippen molar-refractivity contribution in [1.29, 1.82) is 0 Å². The van der Waals surface area contributed by atoms with Gasteiger partial charge in [0, 0.05) is 5.69 Å². The van der Waals surface area contributed by atoms with E-state index in [1.165, 1.54) is 6.07 Å². The summed E-state index contributed by atoms with van der Waals surface area (Å²) < 4.78 is 13.6. The summed E-state index contributed by atoms with van der Waals surface area (Å²) in [5, 5.41) is 6.06. The molecule has 3 rings (SSSR count). The predicted molar refractivity (Wildman–Crippen MR) is 74.4 cm³/mol. The molecule has 96 valence electrons. The molecule has 5 heteroatoms. The van der Waals surface area contributed by atoms with Gasteiger partial charge in [-0.25, -0.2) is 4.39 Å². The Hall–Kier alpha value is -1.88. The topological polar surface area (TPSA) is 41.1 Å². The minimum Gasteiger partial charge on any atom is -0.361 e. The lowest BCUT2D eigenvalue weighted by Crippen LogP contribution is -2.38. The molecule has 0 bridgehead atoms. The number of hydrogen-bond acceptors (Lipinski definition) is 2. The molecule has 0 aliphatic carbocycles. The van der Waals surface area contributed by atoms with E-state index in [9.17, 15) is 9.18 Å². The molecule has 19 heavy (non-hydrogen) atoms. The maximum Gasteiger partial charge on any atom is 0.255 e. The van der Waals surface area contributed by atoms with Gasteiger partial charge in [0.15, 0.2) is 0 Å². The van der Waals surface area contributed by atoms with Crippen molar-refractivity contribution in [3.63, 3.8) is 0 Å². The van der Waals surface area contributed by atoms with Crippen molar-refractivity contribution in [2.45, 2.75) is 6.17 Å². The second-order valence-corrected chi connectivity index (χ2v) is 5.12. The van der Waals surface area contributed by atoms with E-state index in [0.717, 1.165) is 11.3 Å². The highest BCUT2D eigenvalue weighted by atomic mass is 79.9. The fourth-order valence-electron chi connectivity index (χ4n) is 2.07. The van der Waals surface area contributed by atoms with Crippen LogP contribution in [0.2, 0.25) is 0 Å². The van der Waals surface area contributed by atoms with Crippen LogP contribution in [0.1, 0.15) is 22.1 Å². The van der Waals surface area contributed by atoms with Gasteiger partial charge >= 0.3 is 0 Å². The van der Waals surface area contributed by atoms with E-state index in [-0.39, 0.29) is 17.9 Å². The van der Waals surface area contributed by atoms with E-state index in [1.807, 2.05) is 18.2 Å². The van der Waals surface area contributed by atoms with Crippen molar-refractivity contribution in [3.05, 3.63) is 63.9 Å². The molecule has 1 amide bonds. The van der Waals surface area contributed by atoms with Crippen molar-refractivity contribution < 1.29 is 9.18 Å². The van der Waals surface area contributed by atoms with Crippen molar-refractivity contribution in [2.75, 3.05) is 5.32 Å². The molecule has 0 radical (unpaired) electrons. The van der Waals surface area contributed by atoms with Gasteiger partial charge in [0.1, 0.15) is 12.0 Å². The number of nitrogens with one attached hydrogen (secondary N) is 2. The van der Waals surface area contributed by atoms with Crippen LogP contribution in [0.25, 0.3) is 0 Å². The summed E-state index contributed by atoms with van der Waals surface area (Å²) >= 11 is 3.14. The summed E-state index contributed by atoms with van der Waals surface area (Å²) in [5.74, 6) is -0.467. The molecule has 0 spiro atoms. The number of amides is 1. The van der Waals surface area contributed by atoms with Gasteiger partial charge in [-0.2, -0.15) is 0 Å². The van der Waals surface area contributed by atoms with Gasteiger partial charge in [-0.3, -0.25) is 4.79 Å². The summed E-state index contributed by atoms with van der Waals surface area (Å²) in [5.41, 5.74) is 2.17. The highest BCUT2D eigenvalue weighted by molar-refractivity contribution is 9.10. The number of carbonyl (C=O) groups excluding carboxylic acids is 1. The van der Waals surface area contributed by atoms with Crippen LogP contribution in [0.15, 0.2) is 46.9 Å². The fraction of sp³-hybridized carbons (Fsp3) is 0.0714. The first kappa shape index (κ1) is 12.2. The predicted octanol–water partition coefficient (Wildman–Crippen LogP) is 3.44. The number of para-hydroxylation sites is 1. The number of anilines is 1. The lowest BCUT2D eigenvalue weighted by molar-refractivity contribution is 0.0935. The van der Waals surface area contributed by atoms with Crippen LogP contribution in [-0.2, 0) is 0 Å². The third-order valence-corrected chi connectivity index (χ3v) is 3.63. The molecule has 1 heterocycles. The van der Waals surface area contributed by atoms with E-state index in [4.69, 9.17) is 0 Å². The van der Waals surface area contributed by atoms with Crippen LogP contribution in [0, 0.1) is 5.82 Å². The largest absolute Gasteiger partial charge is 0.361 e. The number of fused-ring (bicyclic) bond motifs is 1. The SMILES string of the molecule is O=C1N[C@@H](c2ccc(F)c(Br)c2)Nc2ccccc21. The summed E-state index contributed by atoms with van der Waals surface area (Å²) in [4.78, 5) is 12.0. The number of carbonyl (C=O) groups is 1. The van der Waals surface area contributed by atoms with Crippen LogP contribution >= 0.6 is 15.9 Å². The van der Waals surface area contributed by atoms with Gasteiger partial charge in [-0.15, -0.1) is 0 Å². The summed E-state index contributed by atoms with van der Waals surface area (Å²) in [6, 6.07) is 12.0. The van der Waals surface area contributed by atoms with E-state index in [1.54, 1.807) is 18.2 Å². The normalized spacial score (nSPS) is 17.4. The molecule has 0 fully saturated rings. The van der Waals surface area contributed by atoms with Crippen molar-refractivity contribution in [1.82, 2.24) is 5.32 Å². The monoisotopic (exact) mass is 320 g/mol. The molecule has 0 saturated heterocycles. The third kappa shape index (κ3) is 2.21. The average Bonchev–Trinajstić information content (AvgIpc) is 2.42. The first-order valence-corrected chi connectivity index (χ1v) is 6.56. The molecule has 0 unspecified atom stereocenters. The molecule has 0 saturated carbocycles. The quantitative estimate of drug-likeness (QED) is 0.845. The van der Waals surface area contributed by atoms with E-state index in [2.05, 4.69) is 26.6 Å². The van der Waals surface area contributed by atoms with E-state index >= 15 is 0 Å². The summed E-state index contributed by atoms with van der Waals surface area (Å²) in [6.07, 6.45) is -0.362. The first-order chi connectivity index (χ1) is 9.15. The first-order valence-electron chi connectivity index (χ1n) is 5.76. The van der Waals surface area contributed by atoms with Gasteiger partial charge in [0.05, 0.1) is 10.0 Å². The van der Waals surface area contributed by atoms with Crippen LogP contribution in [0.5, 0.6) is 0 Å². The molecule has 3 nitrogen and oxygen atoms in total. The zero-order chi connectivity index (χ0) is 13.4. The molecule has 1 atom stereocenters. The minimum absolute atomic E-state index is 0.139. The van der Waals surface area contributed by atoms with Gasteiger partial charge in [-0.05, 0) is 45.8 Å². The van der Waals surface area contributed by atoms with Crippen LogP contribution in [0.3, 0.4) is 0 Å². The number of rotatable bonds is 1. The third-order valence-electron chi connectivity index (χ3n) is 3.02. The molecule has 0 aromatic heterocycles. The standard InChI is InChI=1S/C14H10BrFN2O/c15-10-7-8(5-6-11(10)16)13-17-12-4-2-1-3-9(12)14(19)18-13/h1-7,13,17H,(H,18,19)/t13-/m0/s1. The smallest absolute Gasteiger partial charge is 0.255 e. The minimum atomic E-state index is -0.362. The fourth-order valence-corrected chi connectivity index (χ4v) is 2.46. The lowest BCUT2D eigenvalue weighted by atomic mass is 10.1. The van der Waals surface area contributed by atoms with Gasteiger partial charge < -0.3 is 10.6 Å². The molecule has 2 N–H and O–H groups in total. The molecule has 1 aliphatic heterocycles. The Labute approximate surface area is 118 Å². The number of halogens is 2. The van der Waals surface area contributed by atoms with Crippen molar-refractivity contribution in [2.24, 2.45) is 0 Å². The number of hydrogen-bond donors (Lipinski definition) is 2. The summed E-state index contributed by atoms with van der Waals surface area (Å²) in [7, 11) is 0. The van der Waals surface area contributed by atoms with Crippen LogP contribution in [-0.4, -0.2) is 5.91 Å². The molecular weight excluding hydrogens is 311 g/mol. The van der Waals surface area contributed by atoms with Gasteiger partial charge in [-0.1, -0.05) is 18.2 Å². The lowest BCUT2D eigenvalue weighted by Gasteiger charge is -2.28. The van der Waals surface area contributed by atoms with Crippen LogP contribution < -0.4 is 10.6 Å². The van der Waals surface area contributed by atoms with Gasteiger partial charge in [0.2, 0.25) is 0 Å². The Morgan fingerprint density at radius 1 is 1.11 bits per heavy atom.